The Morgan fingerprint density at radius 2 is 1.49 bits per heavy atom. The average molecular weight is 512 g/mol. The van der Waals surface area contributed by atoms with E-state index >= 15 is 4.11 Å². The number of hydrogen-bond donors (Lipinski definition) is 1. The summed E-state index contributed by atoms with van der Waals surface area (Å²) in [6.45, 7) is 0.0384. The minimum Gasteiger partial charge on any atom is -0.390 e. The third kappa shape index (κ3) is 4.85. The van der Waals surface area contributed by atoms with E-state index in [0.717, 1.165) is 31.9 Å². The van der Waals surface area contributed by atoms with Gasteiger partial charge in [0.25, 0.3) is 5.91 Å². The molecule has 0 fully saturated rings. The molecule has 37 heavy (non-hydrogen) atoms. The summed E-state index contributed by atoms with van der Waals surface area (Å²) in [5.41, 5.74) is 0. The van der Waals surface area contributed by atoms with Gasteiger partial charge in [0, 0.05) is 6.54 Å². The van der Waals surface area contributed by atoms with Crippen molar-refractivity contribution in [1.82, 2.24) is 14.9 Å². The van der Waals surface area contributed by atoms with Gasteiger partial charge in [0.1, 0.15) is 12.4 Å². The molecule has 0 saturated carbocycles. The Morgan fingerprint density at radius 1 is 0.919 bits per heavy atom. The van der Waals surface area contributed by atoms with E-state index in [9.17, 15) is 14.9 Å². The van der Waals surface area contributed by atoms with Crippen molar-refractivity contribution in [2.75, 3.05) is 6.54 Å². The van der Waals surface area contributed by atoms with Gasteiger partial charge >= 0.3 is 14.4 Å². The first kappa shape index (κ1) is 24.3. The Kier molecular flexibility index (Phi) is 6.78. The van der Waals surface area contributed by atoms with Gasteiger partial charge in [-0.05, 0) is 49.3 Å². The second-order valence-electron chi connectivity index (χ2n) is 8.92. The molecule has 1 aromatic heterocycles. The molecule has 4 aromatic carbocycles. The number of nitrogens with one attached hydrogen (secondary N) is 1. The van der Waals surface area contributed by atoms with Crippen LogP contribution in [0.25, 0.3) is 21.5 Å². The number of carbonyl (C=O) groups is 1. The molecule has 5 aromatic rings. The van der Waals surface area contributed by atoms with Crippen LogP contribution in [0, 0.1) is 10.1 Å². The highest BCUT2D eigenvalue weighted by Crippen LogP contribution is 2.24. The monoisotopic (exact) mass is 511 g/mol. The number of amides is 1. The first-order valence-electron chi connectivity index (χ1n) is 12.0. The zero-order chi connectivity index (χ0) is 25.8. The van der Waals surface area contributed by atoms with E-state index in [-0.39, 0.29) is 25.0 Å². The minimum atomic E-state index is -3.75. The lowest BCUT2D eigenvalue weighted by Gasteiger charge is -2.26. The van der Waals surface area contributed by atoms with Crippen LogP contribution in [0.2, 0.25) is 6.04 Å². The summed E-state index contributed by atoms with van der Waals surface area (Å²) in [4.78, 5) is 26.5. The fourth-order valence-corrected chi connectivity index (χ4v) is 8.45. The summed E-state index contributed by atoms with van der Waals surface area (Å²) in [6.07, 6.45) is 3.09. The third-order valence-corrected chi connectivity index (χ3v) is 10.2. The molecular weight excluding hydrogens is 486 g/mol. The van der Waals surface area contributed by atoms with Gasteiger partial charge in [-0.15, -0.1) is 0 Å². The van der Waals surface area contributed by atoms with E-state index in [1.54, 1.807) is 0 Å². The molecule has 5 rings (SSSR count). The number of rotatable bonds is 9. The molecular formula is C28H25FN4O3Si. The van der Waals surface area contributed by atoms with E-state index in [2.05, 4.69) is 10.3 Å². The lowest BCUT2D eigenvalue weighted by Crippen LogP contribution is -2.55. The molecule has 0 aliphatic carbocycles. The van der Waals surface area contributed by atoms with Gasteiger partial charge in [0.2, 0.25) is 0 Å². The van der Waals surface area contributed by atoms with Gasteiger partial charge in [0.15, 0.2) is 6.54 Å². The van der Waals surface area contributed by atoms with Crippen LogP contribution in [-0.4, -0.2) is 35.3 Å². The van der Waals surface area contributed by atoms with Crippen LogP contribution >= 0.6 is 0 Å². The predicted molar refractivity (Wildman–Crippen MR) is 145 cm³/mol. The number of nitrogens with zero attached hydrogens (tertiary/aromatic N) is 3. The second-order valence-corrected chi connectivity index (χ2v) is 12.1. The normalized spacial score (nSPS) is 11.6. The van der Waals surface area contributed by atoms with E-state index in [0.29, 0.717) is 6.42 Å². The molecule has 1 heterocycles. The maximum absolute atomic E-state index is 17.6. The summed E-state index contributed by atoms with van der Waals surface area (Å²) >= 11 is 0. The van der Waals surface area contributed by atoms with E-state index in [4.69, 9.17) is 0 Å². The van der Waals surface area contributed by atoms with Crippen LogP contribution < -0.4 is 15.7 Å². The van der Waals surface area contributed by atoms with Gasteiger partial charge < -0.3 is 19.5 Å². The van der Waals surface area contributed by atoms with Crippen molar-refractivity contribution in [3.05, 3.63) is 107 Å². The van der Waals surface area contributed by atoms with Crippen molar-refractivity contribution in [2.45, 2.75) is 19.0 Å². The molecule has 0 aliphatic heterocycles. The molecule has 0 aliphatic rings. The Labute approximate surface area is 213 Å². The predicted octanol–water partition coefficient (Wildman–Crippen LogP) is 4.33. The molecule has 7 nitrogen and oxygen atoms in total. The number of halogens is 1. The number of fused-ring (bicyclic) bond motifs is 2. The number of carbonyl (C=O) groups excluding carboxylic acids is 1. The van der Waals surface area contributed by atoms with Crippen molar-refractivity contribution in [2.24, 2.45) is 0 Å². The van der Waals surface area contributed by atoms with Gasteiger partial charge in [-0.3, -0.25) is 4.79 Å². The quantitative estimate of drug-likeness (QED) is 0.105. The fraction of sp³-hybridized carbons (Fsp3) is 0.143. The summed E-state index contributed by atoms with van der Waals surface area (Å²) < 4.78 is 18.8. The first-order valence-corrected chi connectivity index (χ1v) is 14.1. The number of aromatic nitrogens is 2. The van der Waals surface area contributed by atoms with Gasteiger partial charge in [-0.25, -0.2) is 4.57 Å². The van der Waals surface area contributed by atoms with Crippen LogP contribution in [0.1, 0.15) is 6.42 Å². The SMILES string of the molecule is O=C(Cn1ccnc1[N+](=O)[O-])NCCC[Si]([18F])(c1cccc2ccccc12)c1cccc2ccccc12. The van der Waals surface area contributed by atoms with Crippen molar-refractivity contribution >= 4 is 52.2 Å². The van der Waals surface area contributed by atoms with Gasteiger partial charge in [0.05, 0.1) is 0 Å². The van der Waals surface area contributed by atoms with Crippen molar-refractivity contribution in [1.29, 1.82) is 0 Å². The molecule has 0 bridgehead atoms. The maximum atomic E-state index is 17.6. The number of benzene rings is 4. The van der Waals surface area contributed by atoms with Gasteiger partial charge in [-0.2, -0.15) is 0 Å². The number of imidazole rings is 1. The second kappa shape index (κ2) is 10.3. The summed E-state index contributed by atoms with van der Waals surface area (Å²) in [5.74, 6) is -0.778. The van der Waals surface area contributed by atoms with E-state index in [1.807, 2.05) is 84.9 Å². The minimum absolute atomic E-state index is 0.221. The summed E-state index contributed by atoms with van der Waals surface area (Å²) in [6, 6.07) is 27.6. The topological polar surface area (TPSA) is 90.1 Å². The average Bonchev–Trinajstić information content (AvgIpc) is 3.39. The summed E-state index contributed by atoms with van der Waals surface area (Å²) in [5, 5.41) is 19.1. The molecule has 0 atom stereocenters. The highest BCUT2D eigenvalue weighted by Gasteiger charge is 2.40. The van der Waals surface area contributed by atoms with E-state index in [1.165, 1.54) is 17.0 Å². The van der Waals surface area contributed by atoms with Gasteiger partial charge in [-0.1, -0.05) is 89.9 Å². The maximum Gasteiger partial charge on any atom is 0.435 e. The smallest absolute Gasteiger partial charge is 0.390 e. The van der Waals surface area contributed by atoms with Crippen molar-refractivity contribution in [3.63, 3.8) is 0 Å². The first-order chi connectivity index (χ1) is 18.0. The largest absolute Gasteiger partial charge is 0.435 e. The van der Waals surface area contributed by atoms with Crippen LogP contribution in [0.5, 0.6) is 0 Å². The highest BCUT2D eigenvalue weighted by molar-refractivity contribution is 6.99. The van der Waals surface area contributed by atoms with Crippen LogP contribution in [0.15, 0.2) is 97.3 Å². The standard InChI is InChI=1S/C28H25FN4O3Si/c29-37(25-14-5-10-21-8-1-3-12-23(21)25,26-15-6-11-22-9-2-4-13-24(22)26)19-7-16-30-27(34)20-32-18-17-31-28(32)33(35)36/h1-6,8-15,17-18H,7,16,19-20H2,(H,30,34)/i29-1. The number of hydrogen-bond acceptors (Lipinski definition) is 4. The van der Waals surface area contributed by atoms with E-state index < -0.39 is 19.3 Å². The molecule has 0 saturated heterocycles. The molecule has 0 radical (unpaired) electrons. The Hall–Kier alpha value is -4.37. The molecule has 0 unspecified atom stereocenters. The van der Waals surface area contributed by atoms with Crippen molar-refractivity contribution < 1.29 is 13.8 Å². The third-order valence-electron chi connectivity index (χ3n) is 6.62. The van der Waals surface area contributed by atoms with Crippen LogP contribution in [0.3, 0.4) is 0 Å². The Bertz CT molecular complexity index is 1510. The Balaban J connectivity index is 1.42. The lowest BCUT2D eigenvalue weighted by molar-refractivity contribution is -0.396. The Morgan fingerprint density at radius 3 is 2.08 bits per heavy atom. The number of nitro groups is 1. The molecule has 1 amide bonds. The van der Waals surface area contributed by atoms with Crippen LogP contribution in [0.4, 0.5) is 10.1 Å². The van der Waals surface area contributed by atoms with Crippen molar-refractivity contribution in [3.8, 4) is 0 Å². The fourth-order valence-electron chi connectivity index (χ4n) is 4.92. The zero-order valence-corrected chi connectivity index (χ0v) is 21.0. The lowest BCUT2D eigenvalue weighted by atomic mass is 10.1. The molecule has 9 heteroatoms. The zero-order valence-electron chi connectivity index (χ0n) is 20.0. The van der Waals surface area contributed by atoms with Crippen LogP contribution in [-0.2, 0) is 11.3 Å². The highest BCUT2D eigenvalue weighted by atomic mass is 28.4. The molecule has 1 N–H and O–H groups in total. The summed E-state index contributed by atoms with van der Waals surface area (Å²) in [7, 11) is -3.75. The molecule has 0 spiro atoms. The molecule has 186 valence electrons.